The standard InChI is InChI=1S/C3H5.Nd/c1-3-2;/h3H,1-2H2;. The van der Waals surface area contributed by atoms with Crippen molar-refractivity contribution < 1.29 is 38.8 Å². The van der Waals surface area contributed by atoms with E-state index in [4.69, 9.17) is 0 Å². The summed E-state index contributed by atoms with van der Waals surface area (Å²) in [5.74, 6) is 0. The normalized spacial score (nSPS) is 5.75. The van der Waals surface area contributed by atoms with E-state index in [9.17, 15) is 0 Å². The molecule has 1 heteroatoms. The molecule has 0 aliphatic carbocycles. The molecule has 0 aromatic heterocycles. The molecule has 0 atom stereocenters. The van der Waals surface area contributed by atoms with E-state index >= 15 is 0 Å². The van der Waals surface area contributed by atoms with Crippen molar-refractivity contribution in [3.05, 3.63) is 12.7 Å². The van der Waals surface area contributed by atoms with E-state index in [1.807, 2.05) is 6.08 Å². The SMILES string of the molecule is C=C[CH2][Nd]. The van der Waals surface area contributed by atoms with E-state index in [1.54, 1.807) is 0 Å². The van der Waals surface area contributed by atoms with Crippen LogP contribution >= 0.6 is 0 Å². The molecule has 0 aromatic rings. The molecular formula is C3H5Nd. The fraction of sp³-hybridized carbons (Fsp3) is 0.333. The van der Waals surface area contributed by atoms with E-state index < -0.39 is 0 Å². The molecule has 0 bridgehead atoms. The molecule has 0 radical (unpaired) electrons. The third-order valence-corrected chi connectivity index (χ3v) is 1.07. The van der Waals surface area contributed by atoms with Crippen molar-refractivity contribution >= 4 is 0 Å². The minimum atomic E-state index is 1.22. The molecule has 0 saturated carbocycles. The summed E-state index contributed by atoms with van der Waals surface area (Å²) in [6, 6.07) is 0. The van der Waals surface area contributed by atoms with Crippen molar-refractivity contribution in [2.24, 2.45) is 0 Å². The van der Waals surface area contributed by atoms with Gasteiger partial charge in [-0.15, -0.1) is 0 Å². The Kier molecular flexibility index (Phi) is 5.21. The van der Waals surface area contributed by atoms with Crippen LogP contribution in [-0.2, 0) is 0 Å². The van der Waals surface area contributed by atoms with Crippen LogP contribution in [-0.4, -0.2) is 0 Å². The van der Waals surface area contributed by atoms with Crippen LogP contribution in [0.25, 0.3) is 0 Å². The summed E-state index contributed by atoms with van der Waals surface area (Å²) in [5.41, 5.74) is 0. The van der Waals surface area contributed by atoms with Gasteiger partial charge in [0.1, 0.15) is 0 Å². The summed E-state index contributed by atoms with van der Waals surface area (Å²) in [6.07, 6.45) is 1.94. The molecule has 0 aliphatic rings. The van der Waals surface area contributed by atoms with Gasteiger partial charge in [-0.3, -0.25) is 0 Å². The van der Waals surface area contributed by atoms with Gasteiger partial charge in [0, 0.05) is 0 Å². The third kappa shape index (κ3) is 3.09. The van der Waals surface area contributed by atoms with Crippen molar-refractivity contribution in [2.75, 3.05) is 0 Å². The van der Waals surface area contributed by atoms with E-state index in [-0.39, 0.29) is 0 Å². The molecule has 0 aliphatic heterocycles. The average Bonchev–Trinajstić information content (AvgIpc) is 1.37. The van der Waals surface area contributed by atoms with Gasteiger partial charge in [-0.1, -0.05) is 0 Å². The second-order valence-corrected chi connectivity index (χ2v) is 1.80. The van der Waals surface area contributed by atoms with Gasteiger partial charge in [-0.05, 0) is 0 Å². The van der Waals surface area contributed by atoms with Gasteiger partial charge in [0.15, 0.2) is 0 Å². The molecular weight excluding hydrogens is 180 g/mol. The van der Waals surface area contributed by atoms with Crippen LogP contribution in [0.15, 0.2) is 12.7 Å². The fourth-order valence-electron chi connectivity index (χ4n) is 0. The van der Waals surface area contributed by atoms with Gasteiger partial charge in [0.05, 0.1) is 0 Å². The Bertz CT molecular complexity index is 17.2. The molecule has 0 aromatic carbocycles. The second kappa shape index (κ2) is 4.09. The average molecular weight is 185 g/mol. The van der Waals surface area contributed by atoms with Crippen LogP contribution in [0.1, 0.15) is 0 Å². The van der Waals surface area contributed by atoms with Crippen LogP contribution in [0.5, 0.6) is 0 Å². The molecule has 0 amide bonds. The Hall–Kier alpha value is 1.09. The minimum absolute atomic E-state index is 1.22. The van der Waals surface area contributed by atoms with Crippen LogP contribution in [0, 0.1) is 38.8 Å². The molecule has 0 heterocycles. The summed E-state index contributed by atoms with van der Waals surface area (Å²) in [7, 11) is 0. The van der Waals surface area contributed by atoms with E-state index in [1.165, 1.54) is 40.8 Å². The number of hydrogen-bond acceptors (Lipinski definition) is 0. The molecule has 0 N–H and O–H groups in total. The number of allylic oxidation sites excluding steroid dienone is 1. The summed E-state index contributed by atoms with van der Waals surface area (Å²) in [5, 5.41) is 0. The van der Waals surface area contributed by atoms with Gasteiger partial charge in [0.25, 0.3) is 0 Å². The van der Waals surface area contributed by atoms with E-state index in [0.29, 0.717) is 0 Å². The zero-order valence-electron chi connectivity index (χ0n) is 2.49. The Labute approximate surface area is 52.9 Å². The molecule has 0 nitrogen and oxygen atoms in total. The van der Waals surface area contributed by atoms with Crippen molar-refractivity contribution in [2.45, 2.75) is 2.07 Å². The van der Waals surface area contributed by atoms with Gasteiger partial charge in [0.2, 0.25) is 0 Å². The van der Waals surface area contributed by atoms with Crippen LogP contribution in [0.2, 0.25) is 2.07 Å². The summed E-state index contributed by atoms with van der Waals surface area (Å²) in [6.45, 7) is 3.51. The topological polar surface area (TPSA) is 0 Å². The third-order valence-electron chi connectivity index (χ3n) is 0.144. The van der Waals surface area contributed by atoms with Crippen molar-refractivity contribution in [3.8, 4) is 0 Å². The monoisotopic (exact) mass is 183 g/mol. The Morgan fingerprint density at radius 2 is 2.25 bits per heavy atom. The first kappa shape index (κ1) is 5.09. The first-order chi connectivity index (χ1) is 1.91. The first-order valence-corrected chi connectivity index (χ1v) is 3.44. The maximum atomic E-state index is 3.51. The van der Waals surface area contributed by atoms with Crippen LogP contribution in [0.4, 0.5) is 0 Å². The summed E-state index contributed by atoms with van der Waals surface area (Å²) in [4.78, 5) is 0. The molecule has 0 unspecified atom stereocenters. The van der Waals surface area contributed by atoms with E-state index in [2.05, 4.69) is 6.58 Å². The predicted octanol–water partition coefficient (Wildman–Crippen LogP) is 1.14. The van der Waals surface area contributed by atoms with Gasteiger partial charge < -0.3 is 0 Å². The second-order valence-electron chi connectivity index (χ2n) is 0.493. The van der Waals surface area contributed by atoms with Gasteiger partial charge >= 0.3 is 53.5 Å². The molecule has 4 heavy (non-hydrogen) atoms. The Morgan fingerprint density at radius 3 is 2.25 bits per heavy atom. The Morgan fingerprint density at radius 1 is 2.00 bits per heavy atom. The molecule has 0 spiro atoms. The van der Waals surface area contributed by atoms with Crippen LogP contribution in [0.3, 0.4) is 0 Å². The van der Waals surface area contributed by atoms with Crippen molar-refractivity contribution in [1.82, 2.24) is 0 Å². The number of hydrogen-bond donors (Lipinski definition) is 0. The molecule has 0 saturated heterocycles. The Balaban J connectivity index is 2.30. The van der Waals surface area contributed by atoms with E-state index in [0.717, 1.165) is 0 Å². The quantitative estimate of drug-likeness (QED) is 0.537. The number of rotatable bonds is 1. The molecule has 0 rings (SSSR count). The van der Waals surface area contributed by atoms with Crippen molar-refractivity contribution in [1.29, 1.82) is 0 Å². The first-order valence-electron chi connectivity index (χ1n) is 1.17. The van der Waals surface area contributed by atoms with Crippen molar-refractivity contribution in [3.63, 3.8) is 0 Å². The fourth-order valence-corrected chi connectivity index (χ4v) is 0. The predicted molar refractivity (Wildman–Crippen MR) is 15.0 cm³/mol. The van der Waals surface area contributed by atoms with Gasteiger partial charge in [-0.2, -0.15) is 0 Å². The van der Waals surface area contributed by atoms with Gasteiger partial charge in [-0.25, -0.2) is 0 Å². The summed E-state index contributed by atoms with van der Waals surface area (Å²) < 4.78 is 1.22. The molecule has 0 fully saturated rings. The maximum absolute atomic E-state index is 3.51. The summed E-state index contributed by atoms with van der Waals surface area (Å²) >= 11 is 1.27. The zero-order chi connectivity index (χ0) is 3.41. The molecule has 21 valence electrons. The van der Waals surface area contributed by atoms with Crippen LogP contribution < -0.4 is 0 Å². The zero-order valence-corrected chi connectivity index (χ0v) is 5.70.